The van der Waals surface area contributed by atoms with Crippen molar-refractivity contribution in [1.29, 1.82) is 0 Å². The van der Waals surface area contributed by atoms with Gasteiger partial charge in [-0.3, -0.25) is 4.79 Å². The van der Waals surface area contributed by atoms with E-state index < -0.39 is 24.3 Å². The van der Waals surface area contributed by atoms with Gasteiger partial charge in [0, 0.05) is 19.7 Å². The van der Waals surface area contributed by atoms with Gasteiger partial charge in [0.25, 0.3) is 0 Å². The fraction of sp³-hybridized carbons (Fsp3) is 0.500. The molecule has 130 valence electrons. The summed E-state index contributed by atoms with van der Waals surface area (Å²) in [7, 11) is -0.620. The molecule has 0 atom stereocenters. The number of aromatic carboxylic acids is 1. The van der Waals surface area contributed by atoms with Gasteiger partial charge in [0.2, 0.25) is 5.91 Å². The van der Waals surface area contributed by atoms with E-state index in [1.54, 1.807) is 12.3 Å². The van der Waals surface area contributed by atoms with Crippen molar-refractivity contribution in [2.24, 2.45) is 0 Å². The van der Waals surface area contributed by atoms with Gasteiger partial charge >= 0.3 is 13.1 Å². The molecule has 1 aliphatic rings. The third-order valence-corrected chi connectivity index (χ3v) is 4.39. The Balaban J connectivity index is 2.29. The molecule has 1 aromatic heterocycles. The molecular formula is C16H23BN2O5. The van der Waals surface area contributed by atoms with E-state index in [1.807, 2.05) is 27.7 Å². The lowest BCUT2D eigenvalue weighted by molar-refractivity contribution is -0.118. The van der Waals surface area contributed by atoms with Crippen LogP contribution in [-0.2, 0) is 14.1 Å². The average molecular weight is 334 g/mol. The van der Waals surface area contributed by atoms with Crippen LogP contribution < -0.4 is 5.32 Å². The molecule has 8 heteroatoms. The first-order chi connectivity index (χ1) is 11.0. The maximum absolute atomic E-state index is 11.3. The summed E-state index contributed by atoms with van der Waals surface area (Å²) in [6, 6.07) is 1.52. The van der Waals surface area contributed by atoms with E-state index in [1.165, 1.54) is 13.0 Å². The Hall–Kier alpha value is -2.06. The van der Waals surface area contributed by atoms with Crippen LogP contribution in [0.3, 0.4) is 0 Å². The molecule has 0 saturated carbocycles. The second kappa shape index (κ2) is 6.45. The molecule has 1 amide bonds. The number of nitrogens with one attached hydrogen (secondary N) is 2. The van der Waals surface area contributed by atoms with Crippen molar-refractivity contribution in [2.75, 3.05) is 6.54 Å². The highest BCUT2D eigenvalue weighted by molar-refractivity contribution is 6.56. The number of hydrogen-bond donors (Lipinski definition) is 3. The molecule has 0 unspecified atom stereocenters. The molecule has 3 N–H and O–H groups in total. The van der Waals surface area contributed by atoms with Gasteiger partial charge in [-0.25, -0.2) is 4.79 Å². The molecule has 24 heavy (non-hydrogen) atoms. The van der Waals surface area contributed by atoms with Gasteiger partial charge < -0.3 is 24.7 Å². The fourth-order valence-electron chi connectivity index (χ4n) is 2.26. The first-order valence-electron chi connectivity index (χ1n) is 7.74. The predicted molar refractivity (Wildman–Crippen MR) is 90.5 cm³/mol. The van der Waals surface area contributed by atoms with Crippen molar-refractivity contribution >= 4 is 25.1 Å². The molecule has 0 bridgehead atoms. The number of amides is 1. The van der Waals surface area contributed by atoms with Crippen LogP contribution in [0.1, 0.15) is 50.7 Å². The Morgan fingerprint density at radius 1 is 1.29 bits per heavy atom. The van der Waals surface area contributed by atoms with Crippen molar-refractivity contribution in [1.82, 2.24) is 10.3 Å². The van der Waals surface area contributed by atoms with Crippen LogP contribution in [-0.4, -0.2) is 46.8 Å². The number of carbonyl (C=O) groups excluding carboxylic acids is 1. The Morgan fingerprint density at radius 3 is 2.33 bits per heavy atom. The monoisotopic (exact) mass is 334 g/mol. The first kappa shape index (κ1) is 18.3. The fourth-order valence-corrected chi connectivity index (χ4v) is 2.26. The summed E-state index contributed by atoms with van der Waals surface area (Å²) in [5, 5.41) is 11.7. The van der Waals surface area contributed by atoms with Crippen LogP contribution >= 0.6 is 0 Å². The van der Waals surface area contributed by atoms with Crippen molar-refractivity contribution in [3.63, 3.8) is 0 Å². The van der Waals surface area contributed by atoms with Crippen LogP contribution in [0.25, 0.3) is 6.08 Å². The van der Waals surface area contributed by atoms with E-state index in [4.69, 9.17) is 14.4 Å². The van der Waals surface area contributed by atoms with Crippen LogP contribution in [0.5, 0.6) is 0 Å². The maximum Gasteiger partial charge on any atom is 0.492 e. The summed E-state index contributed by atoms with van der Waals surface area (Å²) >= 11 is 0. The molecule has 7 nitrogen and oxygen atoms in total. The molecule has 0 aliphatic carbocycles. The minimum atomic E-state index is -1.03. The van der Waals surface area contributed by atoms with Crippen molar-refractivity contribution in [2.45, 2.75) is 45.8 Å². The van der Waals surface area contributed by atoms with Crippen molar-refractivity contribution in [3.8, 4) is 0 Å². The summed E-state index contributed by atoms with van der Waals surface area (Å²) in [5.41, 5.74) is 0.464. The molecule has 2 rings (SSSR count). The van der Waals surface area contributed by atoms with E-state index in [9.17, 15) is 9.59 Å². The predicted octanol–water partition coefficient (Wildman–Crippen LogP) is 1.86. The third-order valence-electron chi connectivity index (χ3n) is 4.39. The molecule has 1 aliphatic heterocycles. The zero-order valence-corrected chi connectivity index (χ0v) is 14.6. The van der Waals surface area contributed by atoms with E-state index in [-0.39, 0.29) is 18.1 Å². The summed E-state index contributed by atoms with van der Waals surface area (Å²) in [5.74, 6) is -1.20. The smallest absolute Gasteiger partial charge is 0.477 e. The largest absolute Gasteiger partial charge is 0.492 e. The number of carboxylic acid groups (broad SMARTS) is 1. The summed E-state index contributed by atoms with van der Waals surface area (Å²) in [6.45, 7) is 9.47. The minimum Gasteiger partial charge on any atom is -0.477 e. The van der Waals surface area contributed by atoms with Crippen molar-refractivity contribution in [3.05, 3.63) is 29.0 Å². The Morgan fingerprint density at radius 2 is 1.88 bits per heavy atom. The second-order valence-electron chi connectivity index (χ2n) is 6.87. The van der Waals surface area contributed by atoms with Gasteiger partial charge in [-0.05, 0) is 44.8 Å². The van der Waals surface area contributed by atoms with Gasteiger partial charge in [0.1, 0.15) is 5.69 Å². The topological polar surface area (TPSA) is 101 Å². The van der Waals surface area contributed by atoms with E-state index in [0.29, 0.717) is 11.0 Å². The van der Waals surface area contributed by atoms with Gasteiger partial charge in [-0.15, -0.1) is 0 Å². The van der Waals surface area contributed by atoms with Crippen LogP contribution in [0.2, 0.25) is 0 Å². The Labute approximate surface area is 141 Å². The summed E-state index contributed by atoms with van der Waals surface area (Å²) in [6.07, 6.45) is 3.35. The highest BCUT2D eigenvalue weighted by Crippen LogP contribution is 2.38. The molecular weight excluding hydrogens is 311 g/mol. The molecule has 0 aromatic carbocycles. The molecule has 1 fully saturated rings. The number of carbonyl (C=O) groups is 2. The van der Waals surface area contributed by atoms with Crippen molar-refractivity contribution < 1.29 is 24.0 Å². The number of aromatic nitrogens is 1. The Kier molecular flexibility index (Phi) is 4.91. The van der Waals surface area contributed by atoms with Crippen LogP contribution in [0, 0.1) is 0 Å². The lowest BCUT2D eigenvalue weighted by atomic mass is 9.77. The number of hydrogen-bond acceptors (Lipinski definition) is 4. The highest BCUT2D eigenvalue weighted by Gasteiger charge is 2.52. The van der Waals surface area contributed by atoms with E-state index >= 15 is 0 Å². The van der Waals surface area contributed by atoms with E-state index in [2.05, 4.69) is 10.3 Å². The minimum absolute atomic E-state index is 0.0917. The lowest BCUT2D eigenvalue weighted by Crippen LogP contribution is -2.41. The van der Waals surface area contributed by atoms with Crippen LogP contribution in [0.15, 0.2) is 17.7 Å². The number of rotatable bonds is 5. The lowest BCUT2D eigenvalue weighted by Gasteiger charge is -2.32. The standard InChI is InChI=1S/C16H23BN2O5/c1-10(20)18-9-12(6-11-7-13(14(21)22)19-8-11)17-23-15(2,3)16(4,5)24-17/h6-8,19H,9H2,1-5H3,(H,18,20)(H,21,22). The maximum atomic E-state index is 11.3. The summed E-state index contributed by atoms with van der Waals surface area (Å²) < 4.78 is 12.0. The molecule has 1 saturated heterocycles. The van der Waals surface area contributed by atoms with Gasteiger partial charge in [0.05, 0.1) is 11.2 Å². The summed E-state index contributed by atoms with van der Waals surface area (Å²) in [4.78, 5) is 24.9. The Bertz CT molecular complexity index is 662. The van der Waals surface area contributed by atoms with Crippen LogP contribution in [0.4, 0.5) is 0 Å². The zero-order valence-electron chi connectivity index (χ0n) is 14.6. The average Bonchev–Trinajstić information content (AvgIpc) is 2.97. The SMILES string of the molecule is CC(=O)NCC(=Cc1c[nH]c(C(=O)O)c1)B1OC(C)(C)C(C)(C)O1. The third kappa shape index (κ3) is 3.88. The highest BCUT2D eigenvalue weighted by atomic mass is 16.7. The molecule has 2 heterocycles. The molecule has 1 aromatic rings. The number of H-pyrrole nitrogens is 1. The van der Waals surface area contributed by atoms with Gasteiger partial charge in [0.15, 0.2) is 0 Å². The van der Waals surface area contributed by atoms with E-state index in [0.717, 1.165) is 0 Å². The van der Waals surface area contributed by atoms with Gasteiger partial charge in [-0.2, -0.15) is 0 Å². The molecule has 0 spiro atoms. The quantitative estimate of drug-likeness (QED) is 0.714. The number of aromatic amines is 1. The zero-order chi connectivity index (χ0) is 18.1. The van der Waals surface area contributed by atoms with Gasteiger partial charge in [-0.1, -0.05) is 6.08 Å². The normalized spacial score (nSPS) is 19.4. The second-order valence-corrected chi connectivity index (χ2v) is 6.87. The molecule has 0 radical (unpaired) electrons. The first-order valence-corrected chi connectivity index (χ1v) is 7.74. The number of carboxylic acids is 1.